The molecule has 6 heteroatoms. The number of rotatable bonds is 4. The Bertz CT molecular complexity index is 679. The minimum atomic E-state index is -1.50. The van der Waals surface area contributed by atoms with Crippen molar-refractivity contribution in [2.24, 2.45) is 7.05 Å². The number of aryl methyl sites for hydroxylation is 1. The van der Waals surface area contributed by atoms with Crippen molar-refractivity contribution < 1.29 is 14.7 Å². The number of carbonyl (C=O) groups is 2. The van der Waals surface area contributed by atoms with Crippen LogP contribution in [0.5, 0.6) is 0 Å². The van der Waals surface area contributed by atoms with Gasteiger partial charge >= 0.3 is 5.97 Å². The van der Waals surface area contributed by atoms with Gasteiger partial charge in [-0.15, -0.1) is 0 Å². The van der Waals surface area contributed by atoms with Crippen molar-refractivity contribution >= 4 is 11.9 Å². The molecule has 0 aliphatic rings. The molecule has 0 spiro atoms. The fraction of sp³-hybridized carbons (Fsp3) is 0.267. The van der Waals surface area contributed by atoms with E-state index in [0.717, 1.165) is 0 Å². The Morgan fingerprint density at radius 2 is 1.90 bits per heavy atom. The number of aliphatic carboxylic acids is 1. The Balaban J connectivity index is 2.35. The van der Waals surface area contributed by atoms with Crippen LogP contribution in [-0.4, -0.2) is 26.8 Å². The van der Waals surface area contributed by atoms with Gasteiger partial charge in [0, 0.05) is 12.7 Å². The van der Waals surface area contributed by atoms with Gasteiger partial charge < -0.3 is 10.4 Å². The van der Waals surface area contributed by atoms with Crippen LogP contribution >= 0.6 is 0 Å². The van der Waals surface area contributed by atoms with Crippen LogP contribution in [0.4, 0.5) is 0 Å². The molecule has 0 saturated heterocycles. The van der Waals surface area contributed by atoms with Crippen LogP contribution in [0.15, 0.2) is 36.5 Å². The first-order valence-corrected chi connectivity index (χ1v) is 6.46. The average Bonchev–Trinajstić information content (AvgIpc) is 2.79. The van der Waals surface area contributed by atoms with Gasteiger partial charge in [0.2, 0.25) is 0 Å². The minimum absolute atomic E-state index is 0.362. The number of carboxylic acids is 1. The third-order valence-corrected chi connectivity index (χ3v) is 3.62. The lowest BCUT2D eigenvalue weighted by Crippen LogP contribution is -2.49. The van der Waals surface area contributed by atoms with Gasteiger partial charge in [-0.2, -0.15) is 5.10 Å². The first-order chi connectivity index (χ1) is 9.86. The molecule has 2 aromatic rings. The number of hydrogen-bond donors (Lipinski definition) is 2. The summed E-state index contributed by atoms with van der Waals surface area (Å²) in [6.07, 6.45) is 1.43. The van der Waals surface area contributed by atoms with Crippen molar-refractivity contribution in [3.63, 3.8) is 0 Å². The molecule has 0 aliphatic carbocycles. The first kappa shape index (κ1) is 14.8. The zero-order chi connectivity index (χ0) is 15.6. The topological polar surface area (TPSA) is 84.2 Å². The highest BCUT2D eigenvalue weighted by atomic mass is 16.4. The Morgan fingerprint density at radius 1 is 1.29 bits per heavy atom. The van der Waals surface area contributed by atoms with Crippen molar-refractivity contribution in [3.8, 4) is 0 Å². The van der Waals surface area contributed by atoms with Crippen molar-refractivity contribution in [1.29, 1.82) is 0 Å². The summed E-state index contributed by atoms with van der Waals surface area (Å²) in [6, 6.07) is 8.60. The fourth-order valence-electron chi connectivity index (χ4n) is 2.04. The van der Waals surface area contributed by atoms with E-state index in [1.165, 1.54) is 13.1 Å². The van der Waals surface area contributed by atoms with Gasteiger partial charge in [0.15, 0.2) is 5.54 Å². The van der Waals surface area contributed by atoms with Crippen molar-refractivity contribution in [2.45, 2.75) is 19.4 Å². The molecule has 1 aromatic carbocycles. The van der Waals surface area contributed by atoms with Gasteiger partial charge in [-0.3, -0.25) is 9.48 Å². The summed E-state index contributed by atoms with van der Waals surface area (Å²) in [5.41, 5.74) is 0.0438. The largest absolute Gasteiger partial charge is 0.479 e. The number of carboxylic acid groups (broad SMARTS) is 1. The second kappa shape index (κ2) is 5.40. The molecular formula is C15H17N3O3. The molecule has 0 saturated carbocycles. The normalized spacial score (nSPS) is 13.5. The molecule has 110 valence electrons. The van der Waals surface area contributed by atoms with Gasteiger partial charge in [0.05, 0.1) is 11.8 Å². The van der Waals surface area contributed by atoms with E-state index in [9.17, 15) is 14.7 Å². The van der Waals surface area contributed by atoms with Crippen LogP contribution in [0.1, 0.15) is 28.5 Å². The lowest BCUT2D eigenvalue weighted by atomic mass is 9.91. The maximum absolute atomic E-state index is 12.3. The maximum Gasteiger partial charge on any atom is 0.333 e. The third-order valence-electron chi connectivity index (χ3n) is 3.62. The van der Waals surface area contributed by atoms with Crippen LogP contribution in [-0.2, 0) is 17.4 Å². The van der Waals surface area contributed by atoms with Crippen LogP contribution in [0.3, 0.4) is 0 Å². The van der Waals surface area contributed by atoms with E-state index in [1.54, 1.807) is 49.0 Å². The number of benzene rings is 1. The molecule has 2 N–H and O–H groups in total. The quantitative estimate of drug-likeness (QED) is 0.891. The molecule has 1 heterocycles. The summed E-state index contributed by atoms with van der Waals surface area (Å²) < 4.78 is 1.57. The molecule has 0 radical (unpaired) electrons. The standard InChI is InChI=1S/C15H17N3O3/c1-10-12(9-16-18(10)3)13(19)17-15(2,14(20)21)11-7-5-4-6-8-11/h4-9H,1-3H3,(H,17,19)(H,20,21). The summed E-state index contributed by atoms with van der Waals surface area (Å²) >= 11 is 0. The van der Waals surface area contributed by atoms with Crippen LogP contribution in [0.25, 0.3) is 0 Å². The molecule has 21 heavy (non-hydrogen) atoms. The first-order valence-electron chi connectivity index (χ1n) is 6.46. The molecule has 1 atom stereocenters. The molecule has 1 aromatic heterocycles. The zero-order valence-electron chi connectivity index (χ0n) is 12.1. The number of nitrogens with one attached hydrogen (secondary N) is 1. The SMILES string of the molecule is Cc1c(C(=O)NC(C)(C(=O)O)c2ccccc2)cnn1C. The van der Waals surface area contributed by atoms with Crippen molar-refractivity contribution in [3.05, 3.63) is 53.3 Å². The molecule has 0 bridgehead atoms. The van der Waals surface area contributed by atoms with E-state index < -0.39 is 17.4 Å². The number of aromatic nitrogens is 2. The Kier molecular flexibility index (Phi) is 3.80. The average molecular weight is 287 g/mol. The van der Waals surface area contributed by atoms with Gasteiger partial charge in [-0.05, 0) is 19.4 Å². The highest BCUT2D eigenvalue weighted by molar-refractivity contribution is 5.98. The van der Waals surface area contributed by atoms with Gasteiger partial charge in [-0.1, -0.05) is 30.3 Å². The predicted octanol–water partition coefficient (Wildman–Crippen LogP) is 1.46. The van der Waals surface area contributed by atoms with Crippen LogP contribution in [0.2, 0.25) is 0 Å². The Labute approximate surface area is 122 Å². The molecule has 2 rings (SSSR count). The summed E-state index contributed by atoms with van der Waals surface area (Å²) in [5.74, 6) is -1.59. The second-order valence-corrected chi connectivity index (χ2v) is 5.02. The van der Waals surface area contributed by atoms with Crippen LogP contribution < -0.4 is 5.32 Å². The summed E-state index contributed by atoms with van der Waals surface area (Å²) in [4.78, 5) is 24.0. The molecule has 1 unspecified atom stereocenters. The molecule has 0 fully saturated rings. The van der Waals surface area contributed by atoms with E-state index in [1.807, 2.05) is 0 Å². The van der Waals surface area contributed by atoms with E-state index in [2.05, 4.69) is 10.4 Å². The molecular weight excluding hydrogens is 270 g/mol. The summed E-state index contributed by atoms with van der Waals surface area (Å²) in [6.45, 7) is 3.22. The van der Waals surface area contributed by atoms with Crippen molar-refractivity contribution in [2.75, 3.05) is 0 Å². The summed E-state index contributed by atoms with van der Waals surface area (Å²) in [7, 11) is 1.72. The molecule has 0 aliphatic heterocycles. The van der Waals surface area contributed by atoms with Crippen LogP contribution in [0, 0.1) is 6.92 Å². The second-order valence-electron chi connectivity index (χ2n) is 5.02. The third kappa shape index (κ3) is 2.65. The lowest BCUT2D eigenvalue weighted by molar-refractivity contribution is -0.144. The van der Waals surface area contributed by atoms with Gasteiger partial charge in [0.25, 0.3) is 5.91 Å². The van der Waals surface area contributed by atoms with E-state index in [4.69, 9.17) is 0 Å². The minimum Gasteiger partial charge on any atom is -0.479 e. The number of hydrogen-bond acceptors (Lipinski definition) is 3. The lowest BCUT2D eigenvalue weighted by Gasteiger charge is -2.26. The van der Waals surface area contributed by atoms with Gasteiger partial charge in [0.1, 0.15) is 0 Å². The fourth-order valence-corrected chi connectivity index (χ4v) is 2.04. The monoisotopic (exact) mass is 287 g/mol. The highest BCUT2D eigenvalue weighted by Gasteiger charge is 2.37. The molecule has 1 amide bonds. The Morgan fingerprint density at radius 3 is 2.38 bits per heavy atom. The van der Waals surface area contributed by atoms with Gasteiger partial charge in [-0.25, -0.2) is 4.79 Å². The Hall–Kier alpha value is -2.63. The maximum atomic E-state index is 12.3. The number of carbonyl (C=O) groups excluding carboxylic acids is 1. The van der Waals surface area contributed by atoms with E-state index in [0.29, 0.717) is 16.8 Å². The number of nitrogens with zero attached hydrogens (tertiary/aromatic N) is 2. The number of amides is 1. The van der Waals surface area contributed by atoms with Crippen molar-refractivity contribution in [1.82, 2.24) is 15.1 Å². The molecule has 6 nitrogen and oxygen atoms in total. The van der Waals surface area contributed by atoms with E-state index >= 15 is 0 Å². The predicted molar refractivity (Wildman–Crippen MR) is 76.8 cm³/mol. The zero-order valence-corrected chi connectivity index (χ0v) is 12.1. The highest BCUT2D eigenvalue weighted by Crippen LogP contribution is 2.22. The summed E-state index contributed by atoms with van der Waals surface area (Å²) in [5, 5.41) is 16.1. The smallest absolute Gasteiger partial charge is 0.333 e. The van der Waals surface area contributed by atoms with E-state index in [-0.39, 0.29) is 0 Å².